The molecule has 20 heavy (non-hydrogen) atoms. The standard InChI is InChI=1S/C14H20N2O3S/c1-9-3-4-11(7-9)16-14(17)13-6-5-12(8-10(13)2)20(15,18)19/h5-6,8-9,11H,3-4,7H2,1-2H3,(H,16,17)(H2,15,18,19). The molecule has 0 aliphatic heterocycles. The summed E-state index contributed by atoms with van der Waals surface area (Å²) in [5.41, 5.74) is 1.11. The molecule has 2 rings (SSSR count). The summed E-state index contributed by atoms with van der Waals surface area (Å²) >= 11 is 0. The SMILES string of the molecule is Cc1cc(S(N)(=O)=O)ccc1C(=O)NC1CCC(C)C1. The van der Waals surface area contributed by atoms with E-state index in [1.165, 1.54) is 18.2 Å². The van der Waals surface area contributed by atoms with E-state index in [2.05, 4.69) is 12.2 Å². The molecule has 1 saturated carbocycles. The largest absolute Gasteiger partial charge is 0.349 e. The molecule has 1 aromatic carbocycles. The van der Waals surface area contributed by atoms with Gasteiger partial charge in [0.15, 0.2) is 0 Å². The summed E-state index contributed by atoms with van der Waals surface area (Å²) in [6.45, 7) is 3.89. The smallest absolute Gasteiger partial charge is 0.251 e. The van der Waals surface area contributed by atoms with Crippen LogP contribution in [-0.2, 0) is 10.0 Å². The highest BCUT2D eigenvalue weighted by molar-refractivity contribution is 7.89. The van der Waals surface area contributed by atoms with Crippen molar-refractivity contribution in [2.45, 2.75) is 44.0 Å². The maximum atomic E-state index is 12.2. The Morgan fingerprint density at radius 2 is 2.05 bits per heavy atom. The van der Waals surface area contributed by atoms with Crippen molar-refractivity contribution in [3.05, 3.63) is 29.3 Å². The van der Waals surface area contributed by atoms with Crippen molar-refractivity contribution in [1.82, 2.24) is 5.32 Å². The number of primary sulfonamides is 1. The number of aryl methyl sites for hydroxylation is 1. The van der Waals surface area contributed by atoms with E-state index >= 15 is 0 Å². The molecule has 1 amide bonds. The zero-order chi connectivity index (χ0) is 14.9. The van der Waals surface area contributed by atoms with E-state index in [1.54, 1.807) is 6.92 Å². The molecule has 0 aromatic heterocycles. The molecule has 1 aliphatic rings. The van der Waals surface area contributed by atoms with Gasteiger partial charge in [-0.3, -0.25) is 4.79 Å². The Labute approximate surface area is 119 Å². The number of hydrogen-bond donors (Lipinski definition) is 2. The van der Waals surface area contributed by atoms with E-state index in [9.17, 15) is 13.2 Å². The zero-order valence-corrected chi connectivity index (χ0v) is 12.5. The highest BCUT2D eigenvalue weighted by atomic mass is 32.2. The minimum atomic E-state index is -3.73. The van der Waals surface area contributed by atoms with Crippen molar-refractivity contribution < 1.29 is 13.2 Å². The van der Waals surface area contributed by atoms with Crippen molar-refractivity contribution in [2.75, 3.05) is 0 Å². The minimum Gasteiger partial charge on any atom is -0.349 e. The van der Waals surface area contributed by atoms with Crippen LogP contribution in [0.5, 0.6) is 0 Å². The molecule has 0 spiro atoms. The van der Waals surface area contributed by atoms with Crippen molar-refractivity contribution in [3.63, 3.8) is 0 Å². The Hall–Kier alpha value is -1.40. The number of carbonyl (C=O) groups is 1. The topological polar surface area (TPSA) is 89.3 Å². The monoisotopic (exact) mass is 296 g/mol. The number of nitrogens with two attached hydrogens (primary N) is 1. The van der Waals surface area contributed by atoms with E-state index in [0.29, 0.717) is 17.0 Å². The highest BCUT2D eigenvalue weighted by Crippen LogP contribution is 2.25. The summed E-state index contributed by atoms with van der Waals surface area (Å²) in [6, 6.07) is 4.54. The molecule has 0 radical (unpaired) electrons. The second kappa shape index (κ2) is 5.54. The van der Waals surface area contributed by atoms with E-state index in [0.717, 1.165) is 19.3 Å². The van der Waals surface area contributed by atoms with Gasteiger partial charge in [-0.15, -0.1) is 0 Å². The summed E-state index contributed by atoms with van der Waals surface area (Å²) in [7, 11) is -3.73. The first-order valence-corrected chi connectivity index (χ1v) is 8.26. The predicted molar refractivity (Wildman–Crippen MR) is 76.8 cm³/mol. The van der Waals surface area contributed by atoms with Crippen molar-refractivity contribution in [1.29, 1.82) is 0 Å². The van der Waals surface area contributed by atoms with Crippen LogP contribution in [0.3, 0.4) is 0 Å². The summed E-state index contributed by atoms with van der Waals surface area (Å²) in [5.74, 6) is 0.494. The third-order valence-electron chi connectivity index (χ3n) is 3.80. The molecule has 0 bridgehead atoms. The molecular weight excluding hydrogens is 276 g/mol. The highest BCUT2D eigenvalue weighted by Gasteiger charge is 2.23. The number of hydrogen-bond acceptors (Lipinski definition) is 3. The Balaban J connectivity index is 2.15. The fraction of sp³-hybridized carbons (Fsp3) is 0.500. The van der Waals surface area contributed by atoms with Crippen molar-refractivity contribution in [2.24, 2.45) is 11.1 Å². The third kappa shape index (κ3) is 3.37. The summed E-state index contributed by atoms with van der Waals surface area (Å²) in [4.78, 5) is 12.2. The molecule has 1 aliphatic carbocycles. The summed E-state index contributed by atoms with van der Waals surface area (Å²) in [6.07, 6.45) is 3.13. The molecule has 2 unspecified atom stereocenters. The van der Waals surface area contributed by atoms with Crippen LogP contribution >= 0.6 is 0 Å². The lowest BCUT2D eigenvalue weighted by atomic mass is 10.1. The molecular formula is C14H20N2O3S. The quantitative estimate of drug-likeness (QED) is 0.887. The Kier molecular flexibility index (Phi) is 4.15. The first-order chi connectivity index (χ1) is 9.27. The van der Waals surface area contributed by atoms with Gasteiger partial charge in [0.05, 0.1) is 4.90 Å². The molecule has 1 aromatic rings. The predicted octanol–water partition coefficient (Wildman–Crippen LogP) is 1.56. The lowest BCUT2D eigenvalue weighted by Crippen LogP contribution is -2.33. The Bertz CT molecular complexity index is 625. The van der Waals surface area contributed by atoms with Crippen molar-refractivity contribution in [3.8, 4) is 0 Å². The molecule has 3 N–H and O–H groups in total. The first kappa shape index (κ1) is 15.0. The van der Waals surface area contributed by atoms with Crippen LogP contribution in [0.2, 0.25) is 0 Å². The Morgan fingerprint density at radius 3 is 2.55 bits per heavy atom. The molecule has 5 nitrogen and oxygen atoms in total. The average Bonchev–Trinajstić information content (AvgIpc) is 2.73. The lowest BCUT2D eigenvalue weighted by Gasteiger charge is -2.14. The van der Waals surface area contributed by atoms with Crippen LogP contribution in [0.15, 0.2) is 23.1 Å². The van der Waals surface area contributed by atoms with E-state index in [1.807, 2.05) is 0 Å². The molecule has 110 valence electrons. The fourth-order valence-electron chi connectivity index (χ4n) is 2.67. The van der Waals surface area contributed by atoms with Gasteiger partial charge in [0.2, 0.25) is 10.0 Å². The van der Waals surface area contributed by atoms with Gasteiger partial charge in [0.25, 0.3) is 5.91 Å². The van der Waals surface area contributed by atoms with Crippen LogP contribution < -0.4 is 10.5 Å². The van der Waals surface area contributed by atoms with Gasteiger partial charge >= 0.3 is 0 Å². The molecule has 1 fully saturated rings. The van der Waals surface area contributed by atoms with Gasteiger partial charge in [-0.2, -0.15) is 0 Å². The Morgan fingerprint density at radius 1 is 1.35 bits per heavy atom. The van der Waals surface area contributed by atoms with Crippen LogP contribution in [-0.4, -0.2) is 20.4 Å². The number of nitrogens with one attached hydrogen (secondary N) is 1. The van der Waals surface area contributed by atoms with Gasteiger partial charge in [0, 0.05) is 11.6 Å². The fourth-order valence-corrected chi connectivity index (χ4v) is 3.27. The minimum absolute atomic E-state index is 0.0287. The second-order valence-electron chi connectivity index (χ2n) is 5.61. The number of sulfonamides is 1. The maximum Gasteiger partial charge on any atom is 0.251 e. The zero-order valence-electron chi connectivity index (χ0n) is 11.7. The van der Waals surface area contributed by atoms with Crippen LogP contribution in [0.4, 0.5) is 0 Å². The van der Waals surface area contributed by atoms with Gasteiger partial charge in [0.1, 0.15) is 0 Å². The first-order valence-electron chi connectivity index (χ1n) is 6.71. The van der Waals surface area contributed by atoms with Crippen LogP contribution in [0, 0.1) is 12.8 Å². The molecule has 2 atom stereocenters. The number of amides is 1. The van der Waals surface area contributed by atoms with Gasteiger partial charge in [-0.05, 0) is 55.9 Å². The summed E-state index contributed by atoms with van der Waals surface area (Å²) in [5, 5.41) is 8.08. The van der Waals surface area contributed by atoms with Crippen LogP contribution in [0.25, 0.3) is 0 Å². The summed E-state index contributed by atoms with van der Waals surface area (Å²) < 4.78 is 22.5. The van der Waals surface area contributed by atoms with Gasteiger partial charge in [-0.1, -0.05) is 6.92 Å². The van der Waals surface area contributed by atoms with Crippen molar-refractivity contribution >= 4 is 15.9 Å². The van der Waals surface area contributed by atoms with E-state index in [4.69, 9.17) is 5.14 Å². The number of benzene rings is 1. The van der Waals surface area contributed by atoms with Gasteiger partial charge in [-0.25, -0.2) is 13.6 Å². The molecule has 0 heterocycles. The number of rotatable bonds is 3. The normalized spacial score (nSPS) is 22.8. The third-order valence-corrected chi connectivity index (χ3v) is 4.71. The average molecular weight is 296 g/mol. The van der Waals surface area contributed by atoms with Gasteiger partial charge < -0.3 is 5.32 Å². The second-order valence-corrected chi connectivity index (χ2v) is 7.17. The maximum absolute atomic E-state index is 12.2. The molecule has 6 heteroatoms. The number of carbonyl (C=O) groups excluding carboxylic acids is 1. The van der Waals surface area contributed by atoms with E-state index < -0.39 is 10.0 Å². The molecule has 0 saturated heterocycles. The van der Waals surface area contributed by atoms with Crippen LogP contribution in [0.1, 0.15) is 42.1 Å². The lowest BCUT2D eigenvalue weighted by molar-refractivity contribution is 0.0936. The van der Waals surface area contributed by atoms with E-state index in [-0.39, 0.29) is 16.8 Å².